The van der Waals surface area contributed by atoms with Crippen molar-refractivity contribution in [2.75, 3.05) is 58.7 Å². The maximum atomic E-state index is 11.4. The second-order valence-corrected chi connectivity index (χ2v) is 7.86. The number of imidazole rings is 1. The third-order valence-corrected chi connectivity index (χ3v) is 5.63. The lowest BCUT2D eigenvalue weighted by Gasteiger charge is -2.32. The molecule has 2 amide bonds. The van der Waals surface area contributed by atoms with Crippen molar-refractivity contribution in [2.45, 2.75) is 6.42 Å². The minimum atomic E-state index is -0.239. The molecule has 8 nitrogen and oxygen atoms in total. The fourth-order valence-electron chi connectivity index (χ4n) is 3.74. The average molecular weight is 423 g/mol. The maximum Gasteiger partial charge on any atom is 0.318 e. The molecule has 1 aliphatic heterocycles. The van der Waals surface area contributed by atoms with Gasteiger partial charge in [-0.1, -0.05) is 0 Å². The molecule has 0 radical (unpaired) electrons. The summed E-state index contributed by atoms with van der Waals surface area (Å²) in [5.74, 6) is 0.848. The quantitative estimate of drug-likeness (QED) is 0.573. The molecule has 0 bridgehead atoms. The predicted octanol–water partition coefficient (Wildman–Crippen LogP) is 2.79. The lowest BCUT2D eigenvalue weighted by Crippen LogP contribution is -2.44. The number of piperazine rings is 1. The molecule has 0 aliphatic carbocycles. The average Bonchev–Trinajstić information content (AvgIpc) is 3.21. The van der Waals surface area contributed by atoms with Gasteiger partial charge in [-0.2, -0.15) is 0 Å². The number of fused-ring (bicyclic) bond motifs is 1. The molecule has 1 saturated heterocycles. The van der Waals surface area contributed by atoms with E-state index in [4.69, 9.17) is 4.74 Å². The first-order chi connectivity index (χ1) is 15.1. The third-order valence-electron chi connectivity index (χ3n) is 5.63. The van der Waals surface area contributed by atoms with Crippen LogP contribution in [0.2, 0.25) is 0 Å². The van der Waals surface area contributed by atoms with Crippen LogP contribution in [0.3, 0.4) is 0 Å². The van der Waals surface area contributed by atoms with Gasteiger partial charge >= 0.3 is 6.03 Å². The number of carbonyl (C=O) groups excluding carboxylic acids is 1. The lowest BCUT2D eigenvalue weighted by molar-refractivity contribution is 0.145. The zero-order valence-electron chi connectivity index (χ0n) is 18.2. The van der Waals surface area contributed by atoms with Gasteiger partial charge < -0.3 is 25.2 Å². The number of amides is 2. The summed E-state index contributed by atoms with van der Waals surface area (Å²) in [4.78, 5) is 20.8. The normalized spacial score (nSPS) is 15.2. The number of hydrogen-bond donors (Lipinski definition) is 2. The molecule has 2 heterocycles. The van der Waals surface area contributed by atoms with Crippen LogP contribution in [0.5, 0.6) is 5.75 Å². The van der Waals surface area contributed by atoms with Crippen molar-refractivity contribution in [2.24, 2.45) is 0 Å². The Bertz CT molecular complexity index is 1010. The maximum absolute atomic E-state index is 11.4. The standard InChI is InChI=1S/C23H30N6O2/c1-24-23(30)26-18-4-6-19(7-5-18)29-17-25-21-16-20(8-9-22(21)29)31-15-3-10-28-13-11-27(2)12-14-28/h4-9,16-17H,3,10-15H2,1-2H3,(H2,24,26,30). The Morgan fingerprint density at radius 2 is 1.87 bits per heavy atom. The zero-order valence-corrected chi connectivity index (χ0v) is 18.2. The second kappa shape index (κ2) is 9.80. The lowest BCUT2D eigenvalue weighted by atomic mass is 10.2. The van der Waals surface area contributed by atoms with Crippen molar-refractivity contribution in [3.8, 4) is 11.4 Å². The van der Waals surface area contributed by atoms with Crippen LogP contribution in [0.15, 0.2) is 48.8 Å². The highest BCUT2D eigenvalue weighted by molar-refractivity contribution is 5.89. The molecule has 1 fully saturated rings. The van der Waals surface area contributed by atoms with Crippen LogP contribution < -0.4 is 15.4 Å². The van der Waals surface area contributed by atoms with E-state index in [0.717, 1.165) is 67.3 Å². The van der Waals surface area contributed by atoms with Gasteiger partial charge in [-0.3, -0.25) is 4.57 Å². The summed E-state index contributed by atoms with van der Waals surface area (Å²) in [7, 11) is 3.77. The summed E-state index contributed by atoms with van der Waals surface area (Å²) in [6.07, 6.45) is 2.83. The fraction of sp³-hybridized carbons (Fsp3) is 0.391. The van der Waals surface area contributed by atoms with Gasteiger partial charge in [-0.25, -0.2) is 9.78 Å². The summed E-state index contributed by atoms with van der Waals surface area (Å²) >= 11 is 0. The van der Waals surface area contributed by atoms with Crippen molar-refractivity contribution < 1.29 is 9.53 Å². The van der Waals surface area contributed by atoms with Gasteiger partial charge in [-0.15, -0.1) is 0 Å². The number of rotatable bonds is 7. The highest BCUT2D eigenvalue weighted by Gasteiger charge is 2.13. The largest absolute Gasteiger partial charge is 0.493 e. The molecule has 1 aliphatic rings. The van der Waals surface area contributed by atoms with Gasteiger partial charge in [0.1, 0.15) is 12.1 Å². The van der Waals surface area contributed by atoms with Crippen LogP contribution in [0.4, 0.5) is 10.5 Å². The fourth-order valence-corrected chi connectivity index (χ4v) is 3.74. The van der Waals surface area contributed by atoms with Crippen LogP contribution in [0, 0.1) is 0 Å². The van der Waals surface area contributed by atoms with Gasteiger partial charge in [0.05, 0.1) is 17.6 Å². The molecule has 1 aromatic heterocycles. The molecule has 4 rings (SSSR count). The van der Waals surface area contributed by atoms with Crippen LogP contribution in [-0.2, 0) is 0 Å². The summed E-state index contributed by atoms with van der Waals surface area (Å²) < 4.78 is 8.00. The van der Waals surface area contributed by atoms with Gasteiger partial charge in [-0.05, 0) is 49.9 Å². The molecular weight excluding hydrogens is 392 g/mol. The Labute approximate surface area is 182 Å². The van der Waals surface area contributed by atoms with Crippen molar-refractivity contribution in [3.05, 3.63) is 48.8 Å². The number of aromatic nitrogens is 2. The Kier molecular flexibility index (Phi) is 6.69. The third kappa shape index (κ3) is 5.34. The molecule has 0 saturated carbocycles. The number of carbonyl (C=O) groups is 1. The van der Waals surface area contributed by atoms with Gasteiger partial charge in [0, 0.05) is 57.2 Å². The highest BCUT2D eigenvalue weighted by Crippen LogP contribution is 2.23. The predicted molar refractivity (Wildman–Crippen MR) is 123 cm³/mol. The number of likely N-dealkylation sites (N-methyl/N-ethyl adjacent to an activating group) is 1. The number of nitrogens with one attached hydrogen (secondary N) is 2. The molecule has 31 heavy (non-hydrogen) atoms. The number of hydrogen-bond acceptors (Lipinski definition) is 5. The van der Waals surface area contributed by atoms with Crippen LogP contribution in [-0.4, -0.2) is 78.8 Å². The van der Waals surface area contributed by atoms with Crippen molar-refractivity contribution >= 4 is 22.8 Å². The number of benzene rings is 2. The van der Waals surface area contributed by atoms with E-state index in [1.807, 2.05) is 53.4 Å². The summed E-state index contributed by atoms with van der Waals surface area (Å²) in [5.41, 5.74) is 3.62. The van der Waals surface area contributed by atoms with Gasteiger partial charge in [0.2, 0.25) is 0 Å². The van der Waals surface area contributed by atoms with E-state index in [0.29, 0.717) is 6.61 Å². The van der Waals surface area contributed by atoms with Crippen LogP contribution in [0.25, 0.3) is 16.7 Å². The molecule has 2 aromatic carbocycles. The Morgan fingerprint density at radius 3 is 2.61 bits per heavy atom. The molecule has 0 spiro atoms. The number of nitrogens with zero attached hydrogens (tertiary/aromatic N) is 4. The van der Waals surface area contributed by atoms with Crippen molar-refractivity contribution in [1.82, 2.24) is 24.7 Å². The zero-order chi connectivity index (χ0) is 21.6. The van der Waals surface area contributed by atoms with E-state index in [9.17, 15) is 4.79 Å². The van der Waals surface area contributed by atoms with E-state index < -0.39 is 0 Å². The van der Waals surface area contributed by atoms with Crippen LogP contribution in [0.1, 0.15) is 6.42 Å². The van der Waals surface area contributed by atoms with Crippen molar-refractivity contribution in [3.63, 3.8) is 0 Å². The highest BCUT2D eigenvalue weighted by atomic mass is 16.5. The monoisotopic (exact) mass is 422 g/mol. The molecule has 164 valence electrons. The first-order valence-electron chi connectivity index (χ1n) is 10.7. The molecule has 3 aromatic rings. The smallest absolute Gasteiger partial charge is 0.318 e. The summed E-state index contributed by atoms with van der Waals surface area (Å²) in [6.45, 7) is 6.36. The summed E-state index contributed by atoms with van der Waals surface area (Å²) in [5, 5.41) is 5.30. The van der Waals surface area contributed by atoms with Gasteiger partial charge in [0.25, 0.3) is 0 Å². The van der Waals surface area contributed by atoms with Crippen LogP contribution >= 0.6 is 0 Å². The molecule has 8 heteroatoms. The molecular formula is C23H30N6O2. The van der Waals surface area contributed by atoms with E-state index in [2.05, 4.69) is 32.5 Å². The minimum absolute atomic E-state index is 0.239. The minimum Gasteiger partial charge on any atom is -0.493 e. The number of urea groups is 1. The molecule has 0 unspecified atom stereocenters. The molecule has 2 N–H and O–H groups in total. The van der Waals surface area contributed by atoms with Gasteiger partial charge in [0.15, 0.2) is 0 Å². The Balaban J connectivity index is 1.34. The Hall–Kier alpha value is -3.10. The van der Waals surface area contributed by atoms with E-state index in [-0.39, 0.29) is 6.03 Å². The SMILES string of the molecule is CNC(=O)Nc1ccc(-n2cnc3cc(OCCCN4CCN(C)CC4)ccc32)cc1. The number of ether oxygens (including phenoxy) is 1. The van der Waals surface area contributed by atoms with E-state index >= 15 is 0 Å². The topological polar surface area (TPSA) is 74.7 Å². The van der Waals surface area contributed by atoms with E-state index in [1.54, 1.807) is 7.05 Å². The van der Waals surface area contributed by atoms with E-state index in [1.165, 1.54) is 0 Å². The Morgan fingerprint density at radius 1 is 1.10 bits per heavy atom. The summed E-state index contributed by atoms with van der Waals surface area (Å²) in [6, 6.07) is 13.4. The number of anilines is 1. The second-order valence-electron chi connectivity index (χ2n) is 7.86. The first kappa shape index (κ1) is 21.1. The van der Waals surface area contributed by atoms with Crippen molar-refractivity contribution in [1.29, 1.82) is 0 Å². The molecule has 0 atom stereocenters. The first-order valence-corrected chi connectivity index (χ1v) is 10.7.